The lowest BCUT2D eigenvalue weighted by atomic mass is 9.89. The quantitative estimate of drug-likeness (QED) is 0.0202. The van der Waals surface area contributed by atoms with Gasteiger partial charge in [-0.1, -0.05) is 557 Å². The van der Waals surface area contributed by atoms with Gasteiger partial charge in [-0.2, -0.15) is 0 Å². The Morgan fingerprint density at radius 2 is 0.222 bits per heavy atom. The van der Waals surface area contributed by atoms with Crippen molar-refractivity contribution in [2.75, 3.05) is 0 Å². The van der Waals surface area contributed by atoms with E-state index in [2.05, 4.69) is 292 Å². The van der Waals surface area contributed by atoms with E-state index in [4.69, 9.17) is 0 Å². The van der Waals surface area contributed by atoms with Gasteiger partial charge in [0.1, 0.15) is 0 Å². The molecule has 0 radical (unpaired) electrons. The highest BCUT2D eigenvalue weighted by atomic mass is 14.2. The fraction of sp³-hybridized carbons (Fsp3) is 0.500. The average molecular weight is 1910 g/mol. The Kier molecular flexibility index (Phi) is 50.9. The van der Waals surface area contributed by atoms with Gasteiger partial charge < -0.3 is 0 Å². The van der Waals surface area contributed by atoms with Gasteiger partial charge in [-0.25, -0.2) is 0 Å². The van der Waals surface area contributed by atoms with Crippen molar-refractivity contribution in [2.45, 2.75) is 464 Å². The Morgan fingerprint density at radius 3 is 0.333 bits per heavy atom. The van der Waals surface area contributed by atoms with Gasteiger partial charge in [0.15, 0.2) is 0 Å². The topological polar surface area (TPSA) is 0 Å². The minimum absolute atomic E-state index is 0.979. The molecule has 0 saturated heterocycles. The molecule has 13 rings (SSSR count). The lowest BCUT2D eigenvalue weighted by molar-refractivity contribution is 0.529. The number of rotatable bonds is 68. The molecule has 0 aromatic heterocycles. The van der Waals surface area contributed by atoms with Gasteiger partial charge in [0, 0.05) is 44.5 Å². The fourth-order valence-corrected chi connectivity index (χ4v) is 23.2. The van der Waals surface area contributed by atoms with Crippen LogP contribution in [-0.4, -0.2) is 0 Å². The van der Waals surface area contributed by atoms with Crippen LogP contribution in [0.1, 0.15) is 505 Å². The lowest BCUT2D eigenvalue weighted by Gasteiger charge is -2.14. The van der Waals surface area contributed by atoms with E-state index in [1.54, 1.807) is 0 Å². The number of unbranched alkanes of at least 4 members (excludes halogenated alkanes) is 60. The molecule has 144 heavy (non-hydrogen) atoms. The van der Waals surface area contributed by atoms with Crippen LogP contribution in [0.4, 0.5) is 0 Å². The van der Waals surface area contributed by atoms with Gasteiger partial charge >= 0.3 is 0 Å². The minimum Gasteiger partial charge on any atom is -0.0654 e. The third kappa shape index (κ3) is 35.8. The predicted octanol–water partition coefficient (Wildman–Crippen LogP) is 42.1. The van der Waals surface area contributed by atoms with Crippen LogP contribution in [0.3, 0.4) is 0 Å². The van der Waals surface area contributed by atoms with E-state index in [0.717, 1.165) is 139 Å². The first-order valence-electron chi connectivity index (χ1n) is 59.5. The third-order valence-corrected chi connectivity index (χ3v) is 31.6. The summed E-state index contributed by atoms with van der Waals surface area (Å²) < 4.78 is 0. The van der Waals surface area contributed by atoms with E-state index in [1.807, 2.05) is 0 Å². The van der Waals surface area contributed by atoms with Crippen molar-refractivity contribution in [2.24, 2.45) is 0 Å². The summed E-state index contributed by atoms with van der Waals surface area (Å²) in [4.78, 5) is 0. The van der Waals surface area contributed by atoms with Crippen molar-refractivity contribution in [1.29, 1.82) is 0 Å². The molecule has 0 amide bonds. The van der Waals surface area contributed by atoms with Crippen LogP contribution in [0.25, 0.3) is 86.2 Å². The van der Waals surface area contributed by atoms with Crippen LogP contribution in [0.5, 0.6) is 0 Å². The Morgan fingerprint density at radius 1 is 0.118 bits per heavy atom. The Bertz CT molecular complexity index is 5430. The Balaban J connectivity index is 0.843. The first-order chi connectivity index (χ1) is 71.5. The molecule has 1 aliphatic carbocycles. The van der Waals surface area contributed by atoms with E-state index in [9.17, 15) is 0 Å². The van der Waals surface area contributed by atoms with E-state index in [0.29, 0.717) is 0 Å². The Hall–Kier alpha value is -10.8. The molecule has 1 aliphatic rings. The molecule has 0 atom stereocenters. The second-order valence-electron chi connectivity index (χ2n) is 42.8. The van der Waals surface area contributed by atoms with E-state index in [1.165, 1.54) is 451 Å². The maximum absolute atomic E-state index is 3.68. The predicted molar refractivity (Wildman–Crippen MR) is 634 cm³/mol. The highest BCUT2D eigenvalue weighted by molar-refractivity contribution is 6.10. The van der Waals surface area contributed by atoms with Crippen LogP contribution >= 0.6 is 0 Å². The number of aryl methyl sites for hydroxylation is 4. The summed E-state index contributed by atoms with van der Waals surface area (Å²) >= 11 is 0. The zero-order valence-electron chi connectivity index (χ0n) is 90.2. The monoisotopic (exact) mass is 1910 g/mol. The molecule has 0 nitrogen and oxygen atoms in total. The highest BCUT2D eigenvalue weighted by Gasteiger charge is 2.19. The molecular formula is C144H176. The maximum Gasteiger partial charge on any atom is 0.0334 e. The largest absolute Gasteiger partial charge is 0.0654 e. The zero-order chi connectivity index (χ0) is 99.4. The van der Waals surface area contributed by atoms with Crippen LogP contribution in [-0.2, 0) is 25.7 Å². The van der Waals surface area contributed by atoms with E-state index >= 15 is 0 Å². The number of hydrogen-bond acceptors (Lipinski definition) is 0. The van der Waals surface area contributed by atoms with Crippen molar-refractivity contribution in [1.82, 2.24) is 0 Å². The summed E-state index contributed by atoms with van der Waals surface area (Å²) in [5, 5.41) is 19.3. The number of hydrogen-bond donors (Lipinski definition) is 0. The standard InChI is InChI=1S/C144H176/c1-5-9-13-17-21-25-29-33-37-41-45-49-53-57-61-65-101-125-129-105-77-93-117-85-69-71-87-119-95-79-107-131-126(102-66-62-58-54-50-46-42-38-34-30-26-22-18-14-10-6-2)133-109-81-97-121(141(133)114-139(119)131)89-73-75-91-123-99-83-111-135-128(104-68-64-60-56-52-48-44-40-36-32-28-24-20-16-12-8-4)136-112-84-100-124(144(136)116-143(123)135)92-76-74-90-122-98-82-110-134-127(103-67-63-59-55-51-47-43-39-35-31-27-23-19-15-11-7-3)132-108-80-96-120(140(132)115-142(122)134)88-72-70-86-118-94-78-106-130(125)138(118)113-137(117)129/h77-84,93-100,105-116H,5-68,101-104H2,1-4H3. The van der Waals surface area contributed by atoms with Crippen molar-refractivity contribution in [3.05, 3.63) is 237 Å². The molecule has 12 aromatic rings. The van der Waals surface area contributed by atoms with Gasteiger partial charge in [0.25, 0.3) is 0 Å². The first kappa shape index (κ1) is 110. The molecular weight excluding hydrogens is 1730 g/mol. The second-order valence-corrected chi connectivity index (χ2v) is 42.8. The summed E-state index contributed by atoms with van der Waals surface area (Å²) in [7, 11) is 0. The summed E-state index contributed by atoms with van der Waals surface area (Å²) in [6, 6.07) is 63.4. The van der Waals surface area contributed by atoms with E-state index in [-0.39, 0.29) is 0 Å². The van der Waals surface area contributed by atoms with Crippen molar-refractivity contribution in [3.8, 4) is 94.7 Å². The van der Waals surface area contributed by atoms with Crippen molar-refractivity contribution >= 4 is 86.2 Å². The van der Waals surface area contributed by atoms with Gasteiger partial charge in [0.2, 0.25) is 0 Å². The second kappa shape index (κ2) is 66.3. The molecule has 0 fully saturated rings. The van der Waals surface area contributed by atoms with Crippen LogP contribution in [0, 0.1) is 94.7 Å². The van der Waals surface area contributed by atoms with Gasteiger partial charge in [-0.3, -0.25) is 0 Å². The first-order valence-corrected chi connectivity index (χ1v) is 59.5. The van der Waals surface area contributed by atoms with Gasteiger partial charge in [-0.15, -0.1) is 0 Å². The zero-order valence-corrected chi connectivity index (χ0v) is 90.2. The molecule has 0 N–H and O–H groups in total. The smallest absolute Gasteiger partial charge is 0.0334 e. The maximum atomic E-state index is 3.68. The van der Waals surface area contributed by atoms with Crippen LogP contribution in [0.2, 0.25) is 0 Å². The Labute approximate surface area is 875 Å². The minimum atomic E-state index is 0.979. The van der Waals surface area contributed by atoms with Crippen LogP contribution in [0.15, 0.2) is 170 Å². The summed E-state index contributed by atoms with van der Waals surface area (Å²) in [5.74, 6) is 57.1. The molecule has 752 valence electrons. The van der Waals surface area contributed by atoms with Gasteiger partial charge in [-0.05, 0) is 280 Å². The SMILES string of the molecule is CCCCCCCCCCCCCCCCCCc1c2cccc3c2cc2c(cccc12)C#CC#Cc1cccc2c(CCCCCCCCCCCCCCCCCC)c4cccc(c4cc12)C#CC#Cc1cccc2c(CCCCCCCCCCCCCCCCCC)c4cccc(c4cc12)C#CC#Cc1cccc2c(CCCCCCCCCCCCCCCCCC)c4cccc(c4cc12)C#CC#C3. The van der Waals surface area contributed by atoms with Crippen LogP contribution < -0.4 is 0 Å². The normalized spacial score (nSPS) is 11.7. The van der Waals surface area contributed by atoms with E-state index < -0.39 is 0 Å². The van der Waals surface area contributed by atoms with Crippen molar-refractivity contribution < 1.29 is 0 Å². The summed E-state index contributed by atoms with van der Waals surface area (Å²) in [6.07, 6.45) is 90.3. The fourth-order valence-electron chi connectivity index (χ4n) is 23.2. The molecule has 0 spiro atoms. The average Bonchev–Trinajstić information content (AvgIpc) is 0.771. The molecule has 0 heteroatoms. The third-order valence-electron chi connectivity index (χ3n) is 31.6. The molecule has 0 heterocycles. The molecule has 12 aromatic carbocycles. The number of benzene rings is 12. The molecule has 0 aliphatic heterocycles. The molecule has 8 bridgehead atoms. The lowest BCUT2D eigenvalue weighted by Crippen LogP contribution is -1.95. The highest BCUT2D eigenvalue weighted by Crippen LogP contribution is 2.40. The summed E-state index contributed by atoms with van der Waals surface area (Å²) in [6.45, 7) is 9.25. The van der Waals surface area contributed by atoms with Crippen molar-refractivity contribution in [3.63, 3.8) is 0 Å². The molecule has 0 saturated carbocycles. The van der Waals surface area contributed by atoms with Gasteiger partial charge in [0.05, 0.1) is 0 Å². The summed E-state index contributed by atoms with van der Waals surface area (Å²) in [5.41, 5.74) is 13.4. The molecule has 0 unspecified atom stereocenters.